The Labute approximate surface area is 102 Å². The van der Waals surface area contributed by atoms with Gasteiger partial charge in [0.25, 0.3) is 0 Å². The highest BCUT2D eigenvalue weighted by molar-refractivity contribution is 7.03. The van der Waals surface area contributed by atoms with Crippen molar-refractivity contribution in [3.05, 3.63) is 46.2 Å². The summed E-state index contributed by atoms with van der Waals surface area (Å²) in [4.78, 5) is 11.7. The average molecular weight is 276 g/mol. The molecule has 1 heterocycles. The molecule has 3 nitrogen and oxygen atoms in total. The molecule has 0 fully saturated rings. The number of halogens is 4. The number of benzene rings is 1. The minimum Gasteiger partial charge on any atom is -0.287 e. The van der Waals surface area contributed by atoms with Crippen molar-refractivity contribution in [2.45, 2.75) is 6.18 Å². The van der Waals surface area contributed by atoms with E-state index in [-0.39, 0.29) is 11.3 Å². The van der Waals surface area contributed by atoms with E-state index in [1.165, 1.54) is 5.38 Å². The Morgan fingerprint density at radius 2 is 2.00 bits per heavy atom. The maximum atomic E-state index is 13.2. The fourth-order valence-electron chi connectivity index (χ4n) is 1.30. The SMILES string of the molecule is O=C(c1ccc(C(F)(F)F)c(F)c1)c1csnn1. The van der Waals surface area contributed by atoms with E-state index in [2.05, 4.69) is 9.59 Å². The zero-order valence-electron chi connectivity index (χ0n) is 8.53. The Balaban J connectivity index is 2.38. The van der Waals surface area contributed by atoms with Crippen LogP contribution in [0.5, 0.6) is 0 Å². The Hall–Kier alpha value is -1.83. The average Bonchev–Trinajstić information content (AvgIpc) is 2.79. The number of aromatic nitrogens is 2. The number of rotatable bonds is 2. The number of hydrogen-bond acceptors (Lipinski definition) is 4. The first-order chi connectivity index (χ1) is 8.39. The number of alkyl halides is 3. The molecule has 0 spiro atoms. The zero-order chi connectivity index (χ0) is 13.3. The molecular weight excluding hydrogens is 272 g/mol. The summed E-state index contributed by atoms with van der Waals surface area (Å²) >= 11 is 0.918. The third kappa shape index (κ3) is 2.37. The molecule has 2 rings (SSSR count). The number of carbonyl (C=O) groups is 1. The normalized spacial score (nSPS) is 11.6. The Bertz CT molecular complexity index is 580. The van der Waals surface area contributed by atoms with E-state index >= 15 is 0 Å². The molecule has 0 aliphatic carbocycles. The fourth-order valence-corrected chi connectivity index (χ4v) is 1.73. The van der Waals surface area contributed by atoms with E-state index in [1.54, 1.807) is 0 Å². The van der Waals surface area contributed by atoms with Crippen LogP contribution in [0.1, 0.15) is 21.6 Å². The van der Waals surface area contributed by atoms with Crippen LogP contribution in [0.4, 0.5) is 17.6 Å². The van der Waals surface area contributed by atoms with Gasteiger partial charge in [-0.05, 0) is 23.7 Å². The van der Waals surface area contributed by atoms with Crippen molar-refractivity contribution >= 4 is 17.3 Å². The highest BCUT2D eigenvalue weighted by Gasteiger charge is 2.34. The molecule has 1 aromatic heterocycles. The van der Waals surface area contributed by atoms with Crippen molar-refractivity contribution in [1.29, 1.82) is 0 Å². The monoisotopic (exact) mass is 276 g/mol. The summed E-state index contributed by atoms with van der Waals surface area (Å²) in [6.07, 6.45) is -4.78. The van der Waals surface area contributed by atoms with Crippen LogP contribution in [0.15, 0.2) is 23.6 Å². The number of nitrogens with zero attached hydrogens (tertiary/aromatic N) is 2. The summed E-state index contributed by atoms with van der Waals surface area (Å²) < 4.78 is 53.6. The van der Waals surface area contributed by atoms with Gasteiger partial charge in [0.2, 0.25) is 5.78 Å². The van der Waals surface area contributed by atoms with Crippen LogP contribution in [0, 0.1) is 5.82 Å². The molecule has 18 heavy (non-hydrogen) atoms. The van der Waals surface area contributed by atoms with E-state index in [0.717, 1.165) is 17.6 Å². The third-order valence-electron chi connectivity index (χ3n) is 2.13. The second-order valence-corrected chi connectivity index (χ2v) is 3.92. The summed E-state index contributed by atoms with van der Waals surface area (Å²) in [6, 6.07) is 1.99. The second-order valence-electron chi connectivity index (χ2n) is 3.31. The predicted octanol–water partition coefficient (Wildman–Crippen LogP) is 2.93. The van der Waals surface area contributed by atoms with Crippen molar-refractivity contribution in [1.82, 2.24) is 9.59 Å². The van der Waals surface area contributed by atoms with Crippen LogP contribution >= 0.6 is 11.5 Å². The predicted molar refractivity (Wildman–Crippen MR) is 54.7 cm³/mol. The maximum Gasteiger partial charge on any atom is 0.419 e. The molecule has 0 amide bonds. The smallest absolute Gasteiger partial charge is 0.287 e. The Kier molecular flexibility index (Phi) is 3.12. The van der Waals surface area contributed by atoms with Gasteiger partial charge in [0.05, 0.1) is 5.56 Å². The molecule has 0 aliphatic rings. The topological polar surface area (TPSA) is 42.9 Å². The van der Waals surface area contributed by atoms with E-state index in [0.29, 0.717) is 12.1 Å². The molecule has 0 bridgehead atoms. The number of ketones is 1. The lowest BCUT2D eigenvalue weighted by Gasteiger charge is -2.08. The molecule has 0 saturated heterocycles. The van der Waals surface area contributed by atoms with Crippen molar-refractivity contribution in [3.63, 3.8) is 0 Å². The third-order valence-corrected chi connectivity index (χ3v) is 2.63. The first-order valence-electron chi connectivity index (χ1n) is 4.58. The van der Waals surface area contributed by atoms with Gasteiger partial charge in [-0.1, -0.05) is 10.6 Å². The summed E-state index contributed by atoms with van der Waals surface area (Å²) in [5, 5.41) is 4.80. The lowest BCUT2D eigenvalue weighted by Crippen LogP contribution is -2.10. The first kappa shape index (κ1) is 12.6. The van der Waals surface area contributed by atoms with Crippen molar-refractivity contribution < 1.29 is 22.4 Å². The van der Waals surface area contributed by atoms with Gasteiger partial charge in [0.15, 0.2) is 0 Å². The van der Waals surface area contributed by atoms with Crippen LogP contribution in [0.25, 0.3) is 0 Å². The van der Waals surface area contributed by atoms with Gasteiger partial charge in [-0.25, -0.2) is 4.39 Å². The quantitative estimate of drug-likeness (QED) is 0.625. The Morgan fingerprint density at radius 1 is 1.28 bits per heavy atom. The van der Waals surface area contributed by atoms with Crippen molar-refractivity contribution in [2.24, 2.45) is 0 Å². The summed E-state index contributed by atoms with van der Waals surface area (Å²) in [5.41, 5.74) is -1.64. The second kappa shape index (κ2) is 4.45. The van der Waals surface area contributed by atoms with Crippen LogP contribution < -0.4 is 0 Å². The lowest BCUT2D eigenvalue weighted by atomic mass is 10.1. The lowest BCUT2D eigenvalue weighted by molar-refractivity contribution is -0.140. The molecule has 2 aromatic rings. The van der Waals surface area contributed by atoms with Crippen molar-refractivity contribution in [3.8, 4) is 0 Å². The first-order valence-corrected chi connectivity index (χ1v) is 5.42. The molecule has 0 saturated carbocycles. The van der Waals surface area contributed by atoms with Gasteiger partial charge in [-0.15, -0.1) is 5.10 Å². The molecule has 0 atom stereocenters. The van der Waals surface area contributed by atoms with E-state index in [4.69, 9.17) is 0 Å². The molecule has 0 unspecified atom stereocenters. The summed E-state index contributed by atoms with van der Waals surface area (Å²) in [6.45, 7) is 0. The standard InChI is InChI=1S/C10H4F4N2OS/c11-7-3-5(1-2-6(7)10(12,13)14)9(17)8-4-18-16-15-8/h1-4H. The molecule has 0 radical (unpaired) electrons. The Morgan fingerprint density at radius 3 is 2.50 bits per heavy atom. The molecule has 0 aliphatic heterocycles. The van der Waals surface area contributed by atoms with Crippen LogP contribution in [-0.2, 0) is 6.18 Å². The number of hydrogen-bond donors (Lipinski definition) is 0. The van der Waals surface area contributed by atoms with Gasteiger partial charge in [0.1, 0.15) is 11.5 Å². The molecule has 1 aromatic carbocycles. The van der Waals surface area contributed by atoms with Crippen molar-refractivity contribution in [2.75, 3.05) is 0 Å². The summed E-state index contributed by atoms with van der Waals surface area (Å²) in [7, 11) is 0. The summed E-state index contributed by atoms with van der Waals surface area (Å²) in [5.74, 6) is -2.16. The van der Waals surface area contributed by atoms with E-state index in [1.807, 2.05) is 0 Å². The van der Waals surface area contributed by atoms with Gasteiger partial charge >= 0.3 is 6.18 Å². The molecule has 0 N–H and O–H groups in total. The highest BCUT2D eigenvalue weighted by atomic mass is 32.1. The van der Waals surface area contributed by atoms with Gasteiger partial charge in [-0.2, -0.15) is 13.2 Å². The maximum absolute atomic E-state index is 13.2. The van der Waals surface area contributed by atoms with Gasteiger partial charge in [0, 0.05) is 10.9 Å². The van der Waals surface area contributed by atoms with Gasteiger partial charge in [-0.3, -0.25) is 4.79 Å². The van der Waals surface area contributed by atoms with E-state index in [9.17, 15) is 22.4 Å². The molecule has 94 valence electrons. The molecule has 8 heteroatoms. The number of carbonyl (C=O) groups excluding carboxylic acids is 1. The van der Waals surface area contributed by atoms with E-state index < -0.39 is 23.3 Å². The zero-order valence-corrected chi connectivity index (χ0v) is 9.35. The fraction of sp³-hybridized carbons (Fsp3) is 0.100. The minimum absolute atomic E-state index is 0.0286. The van der Waals surface area contributed by atoms with Crippen LogP contribution in [0.3, 0.4) is 0 Å². The van der Waals surface area contributed by atoms with Crippen LogP contribution in [-0.4, -0.2) is 15.4 Å². The largest absolute Gasteiger partial charge is 0.419 e. The van der Waals surface area contributed by atoms with Gasteiger partial charge < -0.3 is 0 Å². The molecular formula is C10H4F4N2OS. The highest BCUT2D eigenvalue weighted by Crippen LogP contribution is 2.31. The minimum atomic E-state index is -4.78. The van der Waals surface area contributed by atoms with Crippen LogP contribution in [0.2, 0.25) is 0 Å².